The topological polar surface area (TPSA) is 82.3 Å². The first-order chi connectivity index (χ1) is 15.5. The zero-order chi connectivity index (χ0) is 22.2. The van der Waals surface area contributed by atoms with E-state index in [1.807, 2.05) is 34.0 Å². The third kappa shape index (κ3) is 3.68. The molecule has 0 unspecified atom stereocenters. The first-order valence-corrected chi connectivity index (χ1v) is 11.0. The summed E-state index contributed by atoms with van der Waals surface area (Å²) in [6, 6.07) is 18.5. The van der Waals surface area contributed by atoms with E-state index in [1.54, 1.807) is 13.3 Å². The average molecular weight is 433 g/mol. The fourth-order valence-corrected chi connectivity index (χ4v) is 4.36. The minimum Gasteiger partial charge on any atom is -0.388 e. The molecule has 5 rings (SSSR count). The molecular formula is C25H28N4O3. The van der Waals surface area contributed by atoms with Crippen molar-refractivity contribution in [3.05, 3.63) is 71.9 Å². The van der Waals surface area contributed by atoms with Gasteiger partial charge in [0.15, 0.2) is 6.23 Å². The van der Waals surface area contributed by atoms with E-state index in [0.29, 0.717) is 6.54 Å². The van der Waals surface area contributed by atoms with Crippen LogP contribution in [-0.4, -0.2) is 44.4 Å². The van der Waals surface area contributed by atoms with Crippen LogP contribution >= 0.6 is 0 Å². The lowest BCUT2D eigenvalue weighted by atomic mass is 10.0. The molecule has 2 aromatic carbocycles. The van der Waals surface area contributed by atoms with E-state index in [9.17, 15) is 10.2 Å². The summed E-state index contributed by atoms with van der Waals surface area (Å²) < 4.78 is 7.74. The Kier molecular flexibility index (Phi) is 5.46. The standard InChI is InChI=1S/C25H28N4O3/c1-3-17-9-11-19(12-10-17)27-28-13-21-20(18-7-5-4-6-8-18)14-29(24(21)26-15-28)25-23(31)22(30)16(2)32-25/h4-12,14-16,22-23,25,27,30-31H,3,13H2,1-2H3/t16-,22-,23-,25-/m1/s1. The lowest BCUT2D eigenvalue weighted by Crippen LogP contribution is -2.31. The maximum atomic E-state index is 10.6. The van der Waals surface area contributed by atoms with Crippen LogP contribution in [0.15, 0.2) is 65.8 Å². The van der Waals surface area contributed by atoms with E-state index in [4.69, 9.17) is 9.73 Å². The molecule has 1 aromatic heterocycles. The highest BCUT2D eigenvalue weighted by molar-refractivity contribution is 5.77. The highest BCUT2D eigenvalue weighted by atomic mass is 16.6. The molecule has 7 heteroatoms. The summed E-state index contributed by atoms with van der Waals surface area (Å²) >= 11 is 0. The third-order valence-corrected chi connectivity index (χ3v) is 6.23. The normalized spacial score (nSPS) is 24.6. The number of hydrogen-bond acceptors (Lipinski definition) is 6. The summed E-state index contributed by atoms with van der Waals surface area (Å²) in [6.45, 7) is 4.49. The molecule has 32 heavy (non-hydrogen) atoms. The monoisotopic (exact) mass is 432 g/mol. The van der Waals surface area contributed by atoms with Crippen molar-refractivity contribution < 1.29 is 14.9 Å². The molecule has 0 saturated carbocycles. The van der Waals surface area contributed by atoms with Crippen molar-refractivity contribution in [2.24, 2.45) is 4.99 Å². The van der Waals surface area contributed by atoms with Gasteiger partial charge in [0.1, 0.15) is 24.4 Å². The van der Waals surface area contributed by atoms with Crippen molar-refractivity contribution >= 4 is 17.8 Å². The summed E-state index contributed by atoms with van der Waals surface area (Å²) in [5, 5.41) is 22.8. The van der Waals surface area contributed by atoms with Crippen LogP contribution in [0.2, 0.25) is 0 Å². The van der Waals surface area contributed by atoms with Gasteiger partial charge in [-0.3, -0.25) is 10.4 Å². The Morgan fingerprint density at radius 2 is 1.81 bits per heavy atom. The Labute approximate surface area is 187 Å². The molecule has 0 radical (unpaired) electrons. The summed E-state index contributed by atoms with van der Waals surface area (Å²) in [7, 11) is 0. The van der Waals surface area contributed by atoms with Gasteiger partial charge in [-0.1, -0.05) is 49.4 Å². The summed E-state index contributed by atoms with van der Waals surface area (Å²) in [5.41, 5.74) is 8.80. The molecule has 1 fully saturated rings. The summed E-state index contributed by atoms with van der Waals surface area (Å²) in [4.78, 5) is 4.71. The summed E-state index contributed by atoms with van der Waals surface area (Å²) in [6.07, 6.45) is 1.63. The molecule has 2 aliphatic rings. The van der Waals surface area contributed by atoms with E-state index < -0.39 is 24.5 Å². The molecule has 0 aliphatic carbocycles. The number of aliphatic imine (C=N–C) groups is 1. The predicted octanol–water partition coefficient (Wildman–Crippen LogP) is 3.86. The van der Waals surface area contributed by atoms with Gasteiger partial charge in [0, 0.05) is 17.3 Å². The Morgan fingerprint density at radius 3 is 2.47 bits per heavy atom. The largest absolute Gasteiger partial charge is 0.388 e. The van der Waals surface area contributed by atoms with Crippen LogP contribution in [0.25, 0.3) is 11.1 Å². The van der Waals surface area contributed by atoms with Crippen molar-refractivity contribution in [3.63, 3.8) is 0 Å². The second kappa shape index (κ2) is 8.43. The molecular weight excluding hydrogens is 404 g/mol. The third-order valence-electron chi connectivity index (χ3n) is 6.23. The number of hydrogen-bond donors (Lipinski definition) is 3. The van der Waals surface area contributed by atoms with Gasteiger partial charge in [-0.05, 0) is 36.6 Å². The average Bonchev–Trinajstić information content (AvgIpc) is 3.32. The molecule has 0 spiro atoms. The Hall–Kier alpha value is -3.13. The second-order valence-electron chi connectivity index (χ2n) is 8.37. The maximum absolute atomic E-state index is 10.6. The highest BCUT2D eigenvalue weighted by Crippen LogP contribution is 2.41. The number of benzene rings is 2. The molecule has 3 heterocycles. The van der Waals surface area contributed by atoms with Gasteiger partial charge in [-0.2, -0.15) is 0 Å². The lowest BCUT2D eigenvalue weighted by molar-refractivity contribution is -0.0308. The number of aliphatic hydroxyl groups excluding tert-OH is 2. The van der Waals surface area contributed by atoms with Crippen molar-refractivity contribution in [2.45, 2.75) is 51.4 Å². The zero-order valence-corrected chi connectivity index (χ0v) is 18.2. The van der Waals surface area contributed by atoms with Gasteiger partial charge < -0.3 is 19.5 Å². The van der Waals surface area contributed by atoms with Crippen molar-refractivity contribution in [1.82, 2.24) is 9.58 Å². The van der Waals surface area contributed by atoms with Crippen molar-refractivity contribution in [3.8, 4) is 11.1 Å². The van der Waals surface area contributed by atoms with Gasteiger partial charge in [0.25, 0.3) is 0 Å². The first-order valence-electron chi connectivity index (χ1n) is 11.0. The SMILES string of the molecule is CCc1ccc(NN2C=Nc3c(c(-c4ccccc4)cn3[C@@H]3O[C@H](C)[C@@H](O)[C@H]3O)C2)cc1. The molecule has 166 valence electrons. The minimum absolute atomic E-state index is 0.454. The van der Waals surface area contributed by atoms with Gasteiger partial charge in [-0.15, -0.1) is 0 Å². The predicted molar refractivity (Wildman–Crippen MR) is 125 cm³/mol. The molecule has 2 aliphatic heterocycles. The summed E-state index contributed by atoms with van der Waals surface area (Å²) in [5.74, 6) is 0.730. The van der Waals surface area contributed by atoms with E-state index in [-0.39, 0.29) is 0 Å². The fraction of sp³-hybridized carbons (Fsp3) is 0.320. The number of fused-ring (bicyclic) bond motifs is 1. The number of aliphatic hydroxyl groups is 2. The van der Waals surface area contributed by atoms with E-state index in [1.165, 1.54) is 5.56 Å². The number of rotatable bonds is 5. The Morgan fingerprint density at radius 1 is 1.06 bits per heavy atom. The zero-order valence-electron chi connectivity index (χ0n) is 18.2. The van der Waals surface area contributed by atoms with Crippen LogP contribution in [0.1, 0.15) is 31.2 Å². The van der Waals surface area contributed by atoms with Crippen molar-refractivity contribution in [1.29, 1.82) is 0 Å². The van der Waals surface area contributed by atoms with Gasteiger partial charge >= 0.3 is 0 Å². The molecule has 0 bridgehead atoms. The van der Waals surface area contributed by atoms with Crippen LogP contribution in [0.3, 0.4) is 0 Å². The number of aromatic nitrogens is 1. The lowest BCUT2D eigenvalue weighted by Gasteiger charge is -2.26. The molecule has 7 nitrogen and oxygen atoms in total. The second-order valence-corrected chi connectivity index (χ2v) is 8.37. The van der Waals surface area contributed by atoms with Crippen LogP contribution < -0.4 is 5.43 Å². The smallest absolute Gasteiger partial charge is 0.164 e. The number of aryl methyl sites for hydroxylation is 1. The van der Waals surface area contributed by atoms with Gasteiger partial charge in [0.2, 0.25) is 0 Å². The van der Waals surface area contributed by atoms with Gasteiger partial charge in [0.05, 0.1) is 18.3 Å². The first kappa shape index (κ1) is 20.8. The van der Waals surface area contributed by atoms with E-state index in [0.717, 1.165) is 34.6 Å². The van der Waals surface area contributed by atoms with Crippen LogP contribution in [0.4, 0.5) is 11.5 Å². The fourth-order valence-electron chi connectivity index (χ4n) is 4.36. The molecule has 0 amide bonds. The van der Waals surface area contributed by atoms with E-state index >= 15 is 0 Å². The van der Waals surface area contributed by atoms with E-state index in [2.05, 4.69) is 48.7 Å². The van der Waals surface area contributed by atoms with Gasteiger partial charge in [-0.25, -0.2) is 4.99 Å². The number of hydrazine groups is 1. The van der Waals surface area contributed by atoms with Crippen LogP contribution in [-0.2, 0) is 17.7 Å². The molecule has 1 saturated heterocycles. The molecule has 4 atom stereocenters. The number of ether oxygens (including phenoxy) is 1. The minimum atomic E-state index is -1.02. The van der Waals surface area contributed by atoms with Crippen LogP contribution in [0.5, 0.6) is 0 Å². The highest BCUT2D eigenvalue weighted by Gasteiger charge is 2.42. The van der Waals surface area contributed by atoms with Crippen molar-refractivity contribution in [2.75, 3.05) is 5.43 Å². The Balaban J connectivity index is 1.49. The number of nitrogens with zero attached hydrogens (tertiary/aromatic N) is 3. The van der Waals surface area contributed by atoms with Crippen LogP contribution in [0, 0.1) is 0 Å². The Bertz CT molecular complexity index is 1110. The number of nitrogens with one attached hydrogen (secondary N) is 1. The molecule has 3 aromatic rings. The molecule has 3 N–H and O–H groups in total. The quantitative estimate of drug-likeness (QED) is 0.570. The maximum Gasteiger partial charge on any atom is 0.164 e. The number of anilines is 1.